The number of aromatic nitrogens is 3. The third kappa shape index (κ3) is 3.08. The van der Waals surface area contributed by atoms with Crippen molar-refractivity contribution in [1.29, 1.82) is 0 Å². The molecule has 2 unspecified atom stereocenters. The first-order chi connectivity index (χ1) is 12.7. The van der Waals surface area contributed by atoms with E-state index in [4.69, 9.17) is 4.74 Å². The summed E-state index contributed by atoms with van der Waals surface area (Å²) < 4.78 is 35.2. The third-order valence-electron chi connectivity index (χ3n) is 4.80. The van der Waals surface area contributed by atoms with Gasteiger partial charge in [-0.1, -0.05) is 0 Å². The van der Waals surface area contributed by atoms with Crippen molar-refractivity contribution in [3.63, 3.8) is 0 Å². The van der Waals surface area contributed by atoms with Crippen LogP contribution in [0.5, 0.6) is 0 Å². The number of aliphatic hydroxyl groups excluding tert-OH is 1. The van der Waals surface area contributed by atoms with Crippen molar-refractivity contribution >= 4 is 10.9 Å². The van der Waals surface area contributed by atoms with Gasteiger partial charge in [0.05, 0.1) is 36.1 Å². The molecule has 1 fully saturated rings. The topological polar surface area (TPSA) is 60.2 Å². The minimum atomic E-state index is -0.746. The standard InChI is InChI=1S/C19H19F2N3O2/c20-13-4-5-16(21)14(8-13)15(11-25)17-7-12-9-23-24(18(12)10-22-17)19-3-1-2-6-26-19/h4-5,7-10,15,19,25H,1-3,6,11H2. The average Bonchev–Trinajstić information content (AvgIpc) is 3.09. The zero-order valence-electron chi connectivity index (χ0n) is 14.1. The fraction of sp³-hybridized carbons (Fsp3) is 0.368. The summed E-state index contributed by atoms with van der Waals surface area (Å²) in [4.78, 5) is 4.39. The summed E-state index contributed by atoms with van der Waals surface area (Å²) in [5, 5.41) is 15.0. The first kappa shape index (κ1) is 17.1. The zero-order valence-corrected chi connectivity index (χ0v) is 14.1. The lowest BCUT2D eigenvalue weighted by Crippen LogP contribution is -2.19. The fourth-order valence-corrected chi connectivity index (χ4v) is 3.43. The number of rotatable bonds is 4. The first-order valence-electron chi connectivity index (χ1n) is 8.68. The predicted octanol–water partition coefficient (Wildman–Crippen LogP) is 3.53. The summed E-state index contributed by atoms with van der Waals surface area (Å²) >= 11 is 0. The van der Waals surface area contributed by atoms with Gasteiger partial charge < -0.3 is 9.84 Å². The number of nitrogens with zero attached hydrogens (tertiary/aromatic N) is 3. The molecule has 1 N–H and O–H groups in total. The minimum Gasteiger partial charge on any atom is -0.395 e. The van der Waals surface area contributed by atoms with Gasteiger partial charge in [0.25, 0.3) is 0 Å². The molecule has 0 aliphatic carbocycles. The van der Waals surface area contributed by atoms with Gasteiger partial charge in [-0.2, -0.15) is 5.10 Å². The number of pyridine rings is 1. The van der Waals surface area contributed by atoms with E-state index in [1.54, 1.807) is 18.5 Å². The monoisotopic (exact) mass is 359 g/mol. The van der Waals surface area contributed by atoms with Crippen LogP contribution in [0.2, 0.25) is 0 Å². The average molecular weight is 359 g/mol. The largest absolute Gasteiger partial charge is 0.395 e. The molecule has 0 saturated carbocycles. The fourth-order valence-electron chi connectivity index (χ4n) is 3.43. The van der Waals surface area contributed by atoms with Crippen LogP contribution < -0.4 is 0 Å². The second-order valence-electron chi connectivity index (χ2n) is 6.48. The number of hydrogen-bond acceptors (Lipinski definition) is 4. The molecular formula is C19H19F2N3O2. The van der Waals surface area contributed by atoms with E-state index in [-0.39, 0.29) is 18.4 Å². The maximum Gasteiger partial charge on any atom is 0.150 e. The van der Waals surface area contributed by atoms with Gasteiger partial charge in [0.2, 0.25) is 0 Å². The number of aliphatic hydroxyl groups is 1. The summed E-state index contributed by atoms with van der Waals surface area (Å²) in [6.45, 7) is 0.335. The second-order valence-corrected chi connectivity index (χ2v) is 6.48. The summed E-state index contributed by atoms with van der Waals surface area (Å²) in [6, 6.07) is 4.97. The van der Waals surface area contributed by atoms with E-state index in [1.807, 2.05) is 4.68 Å². The molecule has 7 heteroatoms. The molecule has 26 heavy (non-hydrogen) atoms. The lowest BCUT2D eigenvalue weighted by molar-refractivity contribution is -0.0367. The highest BCUT2D eigenvalue weighted by Gasteiger charge is 2.22. The summed E-state index contributed by atoms with van der Waals surface area (Å²) in [7, 11) is 0. The Labute approximate surface area is 149 Å². The molecule has 0 bridgehead atoms. The Bertz CT molecular complexity index is 922. The number of ether oxygens (including phenoxy) is 1. The number of benzene rings is 1. The minimum absolute atomic E-state index is 0.0855. The molecule has 0 amide bonds. The maximum atomic E-state index is 14.1. The van der Waals surface area contributed by atoms with Gasteiger partial charge >= 0.3 is 0 Å². The summed E-state index contributed by atoms with van der Waals surface area (Å²) in [6.07, 6.45) is 6.28. The normalized spacial score (nSPS) is 19.0. The highest BCUT2D eigenvalue weighted by Crippen LogP contribution is 2.30. The molecule has 5 nitrogen and oxygen atoms in total. The van der Waals surface area contributed by atoms with E-state index in [1.165, 1.54) is 0 Å². The number of hydrogen-bond donors (Lipinski definition) is 1. The van der Waals surface area contributed by atoms with Gasteiger partial charge in [-0.15, -0.1) is 0 Å². The van der Waals surface area contributed by atoms with E-state index in [9.17, 15) is 13.9 Å². The van der Waals surface area contributed by atoms with Crippen LogP contribution in [-0.4, -0.2) is 33.1 Å². The van der Waals surface area contributed by atoms with Crippen molar-refractivity contribution in [2.24, 2.45) is 0 Å². The molecule has 3 aromatic rings. The Morgan fingerprint density at radius 3 is 2.88 bits per heavy atom. The van der Waals surface area contributed by atoms with Gasteiger partial charge in [0.15, 0.2) is 6.23 Å². The SMILES string of the molecule is OCC(c1cc2cnn(C3CCCCO3)c2cn1)c1cc(F)ccc1F. The second kappa shape index (κ2) is 7.09. The predicted molar refractivity (Wildman–Crippen MR) is 91.7 cm³/mol. The lowest BCUT2D eigenvalue weighted by atomic mass is 9.95. The van der Waals surface area contributed by atoms with E-state index >= 15 is 0 Å². The van der Waals surface area contributed by atoms with Gasteiger partial charge in [-0.3, -0.25) is 4.98 Å². The van der Waals surface area contributed by atoms with Gasteiger partial charge in [-0.05, 0) is 43.5 Å². The maximum absolute atomic E-state index is 14.1. The van der Waals surface area contributed by atoms with Crippen molar-refractivity contribution in [1.82, 2.24) is 14.8 Å². The van der Waals surface area contributed by atoms with Crippen molar-refractivity contribution in [3.8, 4) is 0 Å². The molecule has 1 aliphatic heterocycles. The Morgan fingerprint density at radius 2 is 2.12 bits per heavy atom. The molecule has 1 aliphatic rings. The Balaban J connectivity index is 1.71. The Kier molecular flexibility index (Phi) is 4.65. The van der Waals surface area contributed by atoms with E-state index in [2.05, 4.69) is 10.1 Å². The number of fused-ring (bicyclic) bond motifs is 1. The van der Waals surface area contributed by atoms with Gasteiger partial charge in [0, 0.05) is 17.6 Å². The number of halogens is 2. The van der Waals surface area contributed by atoms with Gasteiger partial charge in [-0.25, -0.2) is 13.5 Å². The molecule has 0 spiro atoms. The molecule has 2 aromatic heterocycles. The van der Waals surface area contributed by atoms with Crippen LogP contribution in [0.1, 0.15) is 42.7 Å². The highest BCUT2D eigenvalue weighted by atomic mass is 19.1. The van der Waals surface area contributed by atoms with Gasteiger partial charge in [0.1, 0.15) is 11.6 Å². The Morgan fingerprint density at radius 1 is 1.23 bits per heavy atom. The van der Waals surface area contributed by atoms with Crippen LogP contribution in [-0.2, 0) is 4.74 Å². The van der Waals surface area contributed by atoms with E-state index < -0.39 is 17.6 Å². The molecule has 136 valence electrons. The quantitative estimate of drug-likeness (QED) is 0.774. The molecule has 3 heterocycles. The van der Waals surface area contributed by atoms with Crippen molar-refractivity contribution in [2.45, 2.75) is 31.4 Å². The van der Waals surface area contributed by atoms with E-state index in [0.29, 0.717) is 12.3 Å². The molecule has 1 saturated heterocycles. The first-order valence-corrected chi connectivity index (χ1v) is 8.68. The lowest BCUT2D eigenvalue weighted by Gasteiger charge is -2.23. The Hall–Kier alpha value is -2.38. The van der Waals surface area contributed by atoms with Crippen LogP contribution in [0, 0.1) is 11.6 Å². The van der Waals surface area contributed by atoms with Crippen molar-refractivity contribution in [2.75, 3.05) is 13.2 Å². The van der Waals surface area contributed by atoms with Crippen LogP contribution in [0.3, 0.4) is 0 Å². The van der Waals surface area contributed by atoms with Crippen LogP contribution >= 0.6 is 0 Å². The van der Waals surface area contributed by atoms with Crippen LogP contribution in [0.15, 0.2) is 36.7 Å². The molecular weight excluding hydrogens is 340 g/mol. The third-order valence-corrected chi connectivity index (χ3v) is 4.80. The molecule has 1 aromatic carbocycles. The van der Waals surface area contributed by atoms with Crippen LogP contribution in [0.4, 0.5) is 8.78 Å². The molecule has 0 radical (unpaired) electrons. The van der Waals surface area contributed by atoms with E-state index in [0.717, 1.165) is 48.4 Å². The zero-order chi connectivity index (χ0) is 18.1. The molecule has 2 atom stereocenters. The summed E-state index contributed by atoms with van der Waals surface area (Å²) in [5.41, 5.74) is 1.37. The van der Waals surface area contributed by atoms with Crippen LogP contribution in [0.25, 0.3) is 10.9 Å². The van der Waals surface area contributed by atoms with Crippen molar-refractivity contribution in [3.05, 3.63) is 59.6 Å². The highest BCUT2D eigenvalue weighted by molar-refractivity contribution is 5.78. The smallest absolute Gasteiger partial charge is 0.150 e. The summed E-state index contributed by atoms with van der Waals surface area (Å²) in [5.74, 6) is -1.87. The molecule has 4 rings (SSSR count). The van der Waals surface area contributed by atoms with Crippen molar-refractivity contribution < 1.29 is 18.6 Å².